The minimum atomic E-state index is 0.222. The van der Waals surface area contributed by atoms with Gasteiger partial charge in [0.05, 0.1) is 0 Å². The van der Waals surface area contributed by atoms with E-state index in [0.717, 1.165) is 38.9 Å². The quantitative estimate of drug-likeness (QED) is 0.577. The van der Waals surface area contributed by atoms with Crippen LogP contribution in [-0.2, 0) is 4.79 Å². The molecule has 0 aliphatic carbocycles. The number of carbonyl (C=O) groups is 1. The fourth-order valence-electron chi connectivity index (χ4n) is 1.44. The van der Waals surface area contributed by atoms with Crippen LogP contribution >= 0.6 is 0 Å². The lowest BCUT2D eigenvalue weighted by Crippen LogP contribution is -2.30. The molecule has 1 fully saturated rings. The van der Waals surface area contributed by atoms with Crippen molar-refractivity contribution in [2.75, 3.05) is 26.7 Å². The molecule has 0 spiro atoms. The SMILES string of the molecule is CN1CCCCC(=O)NCCC1. The fourth-order valence-corrected chi connectivity index (χ4v) is 1.44. The van der Waals surface area contributed by atoms with E-state index in [-0.39, 0.29) is 5.91 Å². The molecule has 1 heterocycles. The van der Waals surface area contributed by atoms with E-state index in [0.29, 0.717) is 6.42 Å². The number of nitrogens with zero attached hydrogens (tertiary/aromatic N) is 1. The maximum atomic E-state index is 11.1. The van der Waals surface area contributed by atoms with Crippen molar-refractivity contribution in [3.63, 3.8) is 0 Å². The summed E-state index contributed by atoms with van der Waals surface area (Å²) >= 11 is 0. The van der Waals surface area contributed by atoms with Crippen molar-refractivity contribution in [2.45, 2.75) is 25.7 Å². The van der Waals surface area contributed by atoms with Gasteiger partial charge in [-0.1, -0.05) is 0 Å². The van der Waals surface area contributed by atoms with Crippen LogP contribution in [0, 0.1) is 0 Å². The molecule has 0 unspecified atom stereocenters. The van der Waals surface area contributed by atoms with E-state index in [1.165, 1.54) is 0 Å². The average Bonchev–Trinajstić information content (AvgIpc) is 2.06. The van der Waals surface area contributed by atoms with E-state index in [2.05, 4.69) is 17.3 Å². The zero-order valence-electron chi connectivity index (χ0n) is 7.81. The van der Waals surface area contributed by atoms with Gasteiger partial charge in [0.2, 0.25) is 5.91 Å². The van der Waals surface area contributed by atoms with E-state index >= 15 is 0 Å². The molecule has 3 nitrogen and oxygen atoms in total. The second kappa shape index (κ2) is 5.14. The minimum absolute atomic E-state index is 0.222. The molecule has 3 heteroatoms. The van der Waals surface area contributed by atoms with Gasteiger partial charge in [-0.15, -0.1) is 0 Å². The van der Waals surface area contributed by atoms with Crippen LogP contribution in [0.25, 0.3) is 0 Å². The maximum Gasteiger partial charge on any atom is 0.219 e. The Labute approximate surface area is 74.1 Å². The third kappa shape index (κ3) is 3.72. The second-order valence-electron chi connectivity index (χ2n) is 3.46. The first kappa shape index (κ1) is 9.52. The molecule has 0 aromatic heterocycles. The monoisotopic (exact) mass is 170 g/mol. The molecule has 70 valence electrons. The number of hydrogen-bond donors (Lipinski definition) is 1. The molecule has 0 saturated carbocycles. The molecule has 1 aliphatic heterocycles. The number of nitrogens with one attached hydrogen (secondary N) is 1. The highest BCUT2D eigenvalue weighted by Crippen LogP contribution is 2.00. The fraction of sp³-hybridized carbons (Fsp3) is 0.889. The van der Waals surface area contributed by atoms with Crippen molar-refractivity contribution >= 4 is 5.91 Å². The standard InChI is InChI=1S/C9H18N2O/c1-11-7-3-2-5-9(12)10-6-4-8-11/h2-8H2,1H3,(H,10,12). The van der Waals surface area contributed by atoms with E-state index in [1.54, 1.807) is 0 Å². The summed E-state index contributed by atoms with van der Waals surface area (Å²) < 4.78 is 0. The molecule has 1 N–H and O–H groups in total. The van der Waals surface area contributed by atoms with Crippen molar-refractivity contribution in [3.05, 3.63) is 0 Å². The molecule has 0 atom stereocenters. The van der Waals surface area contributed by atoms with Gasteiger partial charge in [0, 0.05) is 13.0 Å². The molecule has 1 rings (SSSR count). The normalized spacial score (nSPS) is 23.2. The average molecular weight is 170 g/mol. The van der Waals surface area contributed by atoms with Gasteiger partial charge in [-0.25, -0.2) is 0 Å². The van der Waals surface area contributed by atoms with Crippen LogP contribution in [0.5, 0.6) is 0 Å². The highest BCUT2D eigenvalue weighted by atomic mass is 16.1. The maximum absolute atomic E-state index is 11.1. The minimum Gasteiger partial charge on any atom is -0.356 e. The van der Waals surface area contributed by atoms with Crippen LogP contribution < -0.4 is 5.32 Å². The molecular weight excluding hydrogens is 152 g/mol. The summed E-state index contributed by atoms with van der Waals surface area (Å²) in [5.74, 6) is 0.222. The summed E-state index contributed by atoms with van der Waals surface area (Å²) in [5, 5.41) is 2.91. The lowest BCUT2D eigenvalue weighted by molar-refractivity contribution is -0.121. The summed E-state index contributed by atoms with van der Waals surface area (Å²) in [7, 11) is 2.14. The Morgan fingerprint density at radius 3 is 2.83 bits per heavy atom. The van der Waals surface area contributed by atoms with Crippen LogP contribution in [0.1, 0.15) is 25.7 Å². The van der Waals surface area contributed by atoms with Gasteiger partial charge < -0.3 is 10.2 Å². The molecule has 0 radical (unpaired) electrons. The highest BCUT2D eigenvalue weighted by Gasteiger charge is 2.04. The summed E-state index contributed by atoms with van der Waals surface area (Å²) in [6.07, 6.45) is 3.94. The zero-order valence-corrected chi connectivity index (χ0v) is 7.81. The third-order valence-corrected chi connectivity index (χ3v) is 2.23. The van der Waals surface area contributed by atoms with Crippen molar-refractivity contribution in [3.8, 4) is 0 Å². The molecule has 1 saturated heterocycles. The Bertz CT molecular complexity index is 133. The van der Waals surface area contributed by atoms with Gasteiger partial charge in [-0.2, -0.15) is 0 Å². The van der Waals surface area contributed by atoms with E-state index in [4.69, 9.17) is 0 Å². The van der Waals surface area contributed by atoms with Crippen LogP contribution in [0.15, 0.2) is 0 Å². The van der Waals surface area contributed by atoms with E-state index < -0.39 is 0 Å². The van der Waals surface area contributed by atoms with Gasteiger partial charge in [0.1, 0.15) is 0 Å². The van der Waals surface area contributed by atoms with Crippen molar-refractivity contribution in [1.82, 2.24) is 10.2 Å². The lowest BCUT2D eigenvalue weighted by atomic mass is 10.2. The highest BCUT2D eigenvalue weighted by molar-refractivity contribution is 5.75. The summed E-state index contributed by atoms with van der Waals surface area (Å²) in [6, 6.07) is 0. The molecule has 12 heavy (non-hydrogen) atoms. The Morgan fingerprint density at radius 2 is 2.00 bits per heavy atom. The molecule has 0 bridgehead atoms. The largest absolute Gasteiger partial charge is 0.356 e. The first-order chi connectivity index (χ1) is 5.79. The molecule has 1 aliphatic rings. The second-order valence-corrected chi connectivity index (χ2v) is 3.46. The third-order valence-electron chi connectivity index (χ3n) is 2.23. The molecule has 1 amide bonds. The Kier molecular flexibility index (Phi) is 4.08. The number of amides is 1. The molecule has 0 aromatic rings. The molecule has 0 aromatic carbocycles. The first-order valence-corrected chi connectivity index (χ1v) is 4.74. The van der Waals surface area contributed by atoms with Crippen LogP contribution in [0.2, 0.25) is 0 Å². The van der Waals surface area contributed by atoms with Gasteiger partial charge >= 0.3 is 0 Å². The Balaban J connectivity index is 2.25. The van der Waals surface area contributed by atoms with Crippen molar-refractivity contribution in [2.24, 2.45) is 0 Å². The summed E-state index contributed by atoms with van der Waals surface area (Å²) in [5.41, 5.74) is 0. The molecular formula is C9H18N2O. The summed E-state index contributed by atoms with van der Waals surface area (Å²) in [4.78, 5) is 13.4. The predicted octanol–water partition coefficient (Wildman–Crippen LogP) is 0.608. The van der Waals surface area contributed by atoms with Crippen molar-refractivity contribution < 1.29 is 4.79 Å². The smallest absolute Gasteiger partial charge is 0.219 e. The summed E-state index contributed by atoms with van der Waals surface area (Å²) in [6.45, 7) is 3.07. The Morgan fingerprint density at radius 1 is 1.25 bits per heavy atom. The van der Waals surface area contributed by atoms with Crippen LogP contribution in [-0.4, -0.2) is 37.5 Å². The lowest BCUT2D eigenvalue weighted by Gasteiger charge is -2.18. The predicted molar refractivity (Wildman–Crippen MR) is 49.0 cm³/mol. The topological polar surface area (TPSA) is 32.3 Å². The number of carbonyl (C=O) groups excluding carboxylic acids is 1. The Hall–Kier alpha value is -0.570. The zero-order chi connectivity index (χ0) is 8.81. The van der Waals surface area contributed by atoms with Gasteiger partial charge in [-0.05, 0) is 39.4 Å². The van der Waals surface area contributed by atoms with Crippen LogP contribution in [0.4, 0.5) is 0 Å². The van der Waals surface area contributed by atoms with Crippen LogP contribution in [0.3, 0.4) is 0 Å². The van der Waals surface area contributed by atoms with Gasteiger partial charge in [-0.3, -0.25) is 4.79 Å². The van der Waals surface area contributed by atoms with Gasteiger partial charge in [0.25, 0.3) is 0 Å². The van der Waals surface area contributed by atoms with Crippen molar-refractivity contribution in [1.29, 1.82) is 0 Å². The van der Waals surface area contributed by atoms with Gasteiger partial charge in [0.15, 0.2) is 0 Å². The number of hydrogen-bond acceptors (Lipinski definition) is 2. The van der Waals surface area contributed by atoms with E-state index in [9.17, 15) is 4.79 Å². The first-order valence-electron chi connectivity index (χ1n) is 4.74. The number of rotatable bonds is 0. The van der Waals surface area contributed by atoms with E-state index in [1.807, 2.05) is 0 Å².